The molecule has 1 aromatic carbocycles. The van der Waals surface area contributed by atoms with Crippen LogP contribution in [0.5, 0.6) is 0 Å². The molecule has 0 unspecified atom stereocenters. The monoisotopic (exact) mass is 305 g/mol. The number of amides is 2. The molecule has 0 saturated heterocycles. The number of anilines is 1. The highest BCUT2D eigenvalue weighted by Crippen LogP contribution is 2.13. The molecule has 0 aliphatic rings. The summed E-state index contributed by atoms with van der Waals surface area (Å²) in [5, 5.41) is 3.06. The van der Waals surface area contributed by atoms with E-state index < -0.39 is 0 Å². The van der Waals surface area contributed by atoms with Crippen molar-refractivity contribution in [1.82, 2.24) is 9.80 Å². The van der Waals surface area contributed by atoms with Crippen LogP contribution in [0.2, 0.25) is 0 Å². The van der Waals surface area contributed by atoms with E-state index in [9.17, 15) is 9.59 Å². The number of carbonyl (C=O) groups is 2. The topological polar surface area (TPSA) is 52.7 Å². The number of benzene rings is 1. The van der Waals surface area contributed by atoms with E-state index in [2.05, 4.69) is 19.2 Å². The highest BCUT2D eigenvalue weighted by molar-refractivity contribution is 5.95. The molecule has 1 rings (SSSR count). The Bertz CT molecular complexity index is 494. The molecule has 0 aromatic heterocycles. The SMILES string of the molecule is CCCN(CCC)C(=O)c1cccc(NCC(=O)N(C)C)c1. The van der Waals surface area contributed by atoms with Crippen molar-refractivity contribution in [2.45, 2.75) is 26.7 Å². The maximum Gasteiger partial charge on any atom is 0.253 e. The number of hydrogen-bond acceptors (Lipinski definition) is 3. The summed E-state index contributed by atoms with van der Waals surface area (Å²) in [6.07, 6.45) is 1.89. The van der Waals surface area contributed by atoms with Crippen LogP contribution in [-0.2, 0) is 4.79 Å². The quantitative estimate of drug-likeness (QED) is 0.802. The Kier molecular flexibility index (Phi) is 7.43. The summed E-state index contributed by atoms with van der Waals surface area (Å²) < 4.78 is 0. The summed E-state index contributed by atoms with van der Waals surface area (Å²) in [5.41, 5.74) is 1.44. The number of nitrogens with zero attached hydrogens (tertiary/aromatic N) is 2. The molecule has 0 bridgehead atoms. The van der Waals surface area contributed by atoms with Gasteiger partial charge in [-0.25, -0.2) is 0 Å². The lowest BCUT2D eigenvalue weighted by atomic mass is 10.1. The second kappa shape index (κ2) is 9.07. The lowest BCUT2D eigenvalue weighted by Crippen LogP contribution is -2.32. The molecule has 1 aromatic rings. The molecule has 1 N–H and O–H groups in total. The summed E-state index contributed by atoms with van der Waals surface area (Å²) in [6.45, 7) is 5.90. The van der Waals surface area contributed by atoms with E-state index in [1.807, 2.05) is 29.2 Å². The average molecular weight is 305 g/mol. The Morgan fingerprint density at radius 1 is 1.09 bits per heavy atom. The van der Waals surface area contributed by atoms with Crippen LogP contribution in [-0.4, -0.2) is 55.3 Å². The fraction of sp³-hybridized carbons (Fsp3) is 0.529. The van der Waals surface area contributed by atoms with Crippen molar-refractivity contribution in [2.75, 3.05) is 39.0 Å². The van der Waals surface area contributed by atoms with Gasteiger partial charge in [0.1, 0.15) is 0 Å². The van der Waals surface area contributed by atoms with Gasteiger partial charge in [-0.2, -0.15) is 0 Å². The fourth-order valence-electron chi connectivity index (χ4n) is 2.14. The van der Waals surface area contributed by atoms with Crippen molar-refractivity contribution < 1.29 is 9.59 Å². The largest absolute Gasteiger partial charge is 0.376 e. The first-order valence-corrected chi connectivity index (χ1v) is 7.83. The molecular weight excluding hydrogens is 278 g/mol. The van der Waals surface area contributed by atoms with Gasteiger partial charge in [0, 0.05) is 38.4 Å². The van der Waals surface area contributed by atoms with Crippen molar-refractivity contribution in [3.63, 3.8) is 0 Å². The number of rotatable bonds is 8. The van der Waals surface area contributed by atoms with Gasteiger partial charge in [0.25, 0.3) is 5.91 Å². The van der Waals surface area contributed by atoms with Crippen molar-refractivity contribution >= 4 is 17.5 Å². The van der Waals surface area contributed by atoms with E-state index in [-0.39, 0.29) is 18.4 Å². The van der Waals surface area contributed by atoms with Crippen LogP contribution in [0.15, 0.2) is 24.3 Å². The number of carbonyl (C=O) groups excluding carboxylic acids is 2. The van der Waals surface area contributed by atoms with Gasteiger partial charge in [-0.3, -0.25) is 9.59 Å². The molecule has 0 aliphatic carbocycles. The molecule has 0 spiro atoms. The van der Waals surface area contributed by atoms with E-state index in [0.717, 1.165) is 31.6 Å². The summed E-state index contributed by atoms with van der Waals surface area (Å²) in [6, 6.07) is 7.33. The average Bonchev–Trinajstić information content (AvgIpc) is 2.51. The second-order valence-corrected chi connectivity index (χ2v) is 5.51. The van der Waals surface area contributed by atoms with Crippen molar-refractivity contribution in [1.29, 1.82) is 0 Å². The summed E-state index contributed by atoms with van der Waals surface area (Å²) in [7, 11) is 3.44. The molecule has 0 radical (unpaired) electrons. The molecule has 0 atom stereocenters. The maximum atomic E-state index is 12.5. The zero-order valence-corrected chi connectivity index (χ0v) is 14.1. The van der Waals surface area contributed by atoms with E-state index in [1.165, 1.54) is 4.90 Å². The van der Waals surface area contributed by atoms with Crippen LogP contribution < -0.4 is 5.32 Å². The molecule has 22 heavy (non-hydrogen) atoms. The summed E-state index contributed by atoms with van der Waals surface area (Å²) in [4.78, 5) is 27.6. The number of likely N-dealkylation sites (N-methyl/N-ethyl adjacent to an activating group) is 1. The molecule has 5 heteroatoms. The predicted octanol–water partition coefficient (Wildman–Crippen LogP) is 2.45. The Balaban J connectivity index is 2.77. The molecule has 0 aliphatic heterocycles. The van der Waals surface area contributed by atoms with Crippen LogP contribution in [0.25, 0.3) is 0 Å². The van der Waals surface area contributed by atoms with Gasteiger partial charge in [-0.05, 0) is 31.0 Å². The Labute approximate surface area is 133 Å². The number of hydrogen-bond donors (Lipinski definition) is 1. The lowest BCUT2D eigenvalue weighted by Gasteiger charge is -2.22. The van der Waals surface area contributed by atoms with E-state index in [1.54, 1.807) is 14.1 Å². The molecule has 0 fully saturated rings. The maximum absolute atomic E-state index is 12.5. The van der Waals surface area contributed by atoms with Gasteiger partial charge in [0.2, 0.25) is 5.91 Å². The fourth-order valence-corrected chi connectivity index (χ4v) is 2.14. The van der Waals surface area contributed by atoms with E-state index in [4.69, 9.17) is 0 Å². The predicted molar refractivity (Wildman–Crippen MR) is 90.1 cm³/mol. The molecule has 2 amide bonds. The molecule has 0 heterocycles. The third-order valence-electron chi connectivity index (χ3n) is 3.33. The Hall–Kier alpha value is -2.04. The molecule has 122 valence electrons. The Morgan fingerprint density at radius 3 is 2.27 bits per heavy atom. The highest BCUT2D eigenvalue weighted by atomic mass is 16.2. The van der Waals surface area contributed by atoms with Crippen LogP contribution in [0.3, 0.4) is 0 Å². The summed E-state index contributed by atoms with van der Waals surface area (Å²) in [5.74, 6) is 0.0432. The third kappa shape index (κ3) is 5.39. The first-order valence-electron chi connectivity index (χ1n) is 7.83. The van der Waals surface area contributed by atoms with Crippen LogP contribution in [0.4, 0.5) is 5.69 Å². The van der Waals surface area contributed by atoms with Crippen molar-refractivity contribution in [3.8, 4) is 0 Å². The zero-order chi connectivity index (χ0) is 16.5. The third-order valence-corrected chi connectivity index (χ3v) is 3.33. The minimum Gasteiger partial charge on any atom is -0.376 e. The van der Waals surface area contributed by atoms with Crippen LogP contribution >= 0.6 is 0 Å². The van der Waals surface area contributed by atoms with Gasteiger partial charge >= 0.3 is 0 Å². The normalized spacial score (nSPS) is 10.2. The van der Waals surface area contributed by atoms with Crippen LogP contribution in [0.1, 0.15) is 37.0 Å². The smallest absolute Gasteiger partial charge is 0.253 e. The van der Waals surface area contributed by atoms with Gasteiger partial charge in [0.15, 0.2) is 0 Å². The van der Waals surface area contributed by atoms with Gasteiger partial charge < -0.3 is 15.1 Å². The summed E-state index contributed by atoms with van der Waals surface area (Å²) >= 11 is 0. The van der Waals surface area contributed by atoms with E-state index >= 15 is 0 Å². The lowest BCUT2D eigenvalue weighted by molar-refractivity contribution is -0.126. The van der Waals surface area contributed by atoms with Gasteiger partial charge in [-0.15, -0.1) is 0 Å². The van der Waals surface area contributed by atoms with Crippen molar-refractivity contribution in [2.24, 2.45) is 0 Å². The first-order chi connectivity index (χ1) is 10.5. The van der Waals surface area contributed by atoms with Crippen molar-refractivity contribution in [3.05, 3.63) is 29.8 Å². The Morgan fingerprint density at radius 2 is 1.73 bits per heavy atom. The van der Waals surface area contributed by atoms with Gasteiger partial charge in [0.05, 0.1) is 6.54 Å². The zero-order valence-electron chi connectivity index (χ0n) is 14.1. The first kappa shape index (κ1) is 18.0. The minimum atomic E-state index is -0.00433. The second-order valence-electron chi connectivity index (χ2n) is 5.51. The standard InChI is InChI=1S/C17H27N3O2/c1-5-10-20(11-6-2)17(22)14-8-7-9-15(12-14)18-13-16(21)19(3)4/h7-9,12,18H,5-6,10-11,13H2,1-4H3. The molecule has 5 nitrogen and oxygen atoms in total. The minimum absolute atomic E-state index is 0.00433. The van der Waals surface area contributed by atoms with Crippen LogP contribution in [0, 0.1) is 0 Å². The molecule has 0 saturated carbocycles. The van der Waals surface area contributed by atoms with Gasteiger partial charge in [-0.1, -0.05) is 19.9 Å². The highest BCUT2D eigenvalue weighted by Gasteiger charge is 2.14. The number of nitrogens with one attached hydrogen (secondary N) is 1. The van der Waals surface area contributed by atoms with E-state index in [0.29, 0.717) is 5.56 Å². The molecular formula is C17H27N3O2.